The number of hydrogen-bond donors (Lipinski definition) is 0. The third-order valence-corrected chi connectivity index (χ3v) is 3.79. The van der Waals surface area contributed by atoms with Crippen LogP contribution in [0.5, 0.6) is 0 Å². The molecule has 0 N–H and O–H groups in total. The molecule has 1 rings (SSSR count). The Morgan fingerprint density at radius 1 is 1.33 bits per heavy atom. The summed E-state index contributed by atoms with van der Waals surface area (Å²) in [6.07, 6.45) is 0. The van der Waals surface area contributed by atoms with Gasteiger partial charge in [0.05, 0.1) is 21.6 Å². The molecule has 0 amide bonds. The van der Waals surface area contributed by atoms with Crippen LogP contribution in [0.15, 0.2) is 16.6 Å². The Morgan fingerprint density at radius 2 is 1.95 bits per heavy atom. The fourth-order valence-corrected chi connectivity index (χ4v) is 2.50. The number of benzene rings is 1. The van der Waals surface area contributed by atoms with Gasteiger partial charge in [-0.25, -0.2) is 4.79 Å². The summed E-state index contributed by atoms with van der Waals surface area (Å²) in [6.45, 7) is 8.17. The van der Waals surface area contributed by atoms with Crippen LogP contribution >= 0.6 is 15.9 Å². The van der Waals surface area contributed by atoms with Gasteiger partial charge in [-0.1, -0.05) is 13.8 Å². The molecule has 0 fully saturated rings. The molecule has 0 spiro atoms. The summed E-state index contributed by atoms with van der Waals surface area (Å²) in [6, 6.07) is 2.91. The molecule has 0 heterocycles. The monoisotopic (exact) mass is 358 g/mol. The smallest absolute Gasteiger partial charge is 0.338 e. The number of ether oxygens (including phenoxy) is 1. The van der Waals surface area contributed by atoms with Crippen molar-refractivity contribution in [3.05, 3.63) is 37.8 Å². The van der Waals surface area contributed by atoms with Gasteiger partial charge in [-0.05, 0) is 47.6 Å². The summed E-state index contributed by atoms with van der Waals surface area (Å²) in [5.74, 6) is -0.532. The lowest BCUT2D eigenvalue weighted by molar-refractivity contribution is -0.385. The third kappa shape index (κ3) is 4.50. The second-order valence-corrected chi connectivity index (χ2v) is 5.25. The Labute approximate surface area is 132 Å². The number of carbonyl (C=O) groups is 1. The molecule has 0 aromatic heterocycles. The highest BCUT2D eigenvalue weighted by atomic mass is 79.9. The second kappa shape index (κ2) is 8.09. The summed E-state index contributed by atoms with van der Waals surface area (Å²) in [5.41, 5.74) is 0.828. The number of nitro groups is 1. The van der Waals surface area contributed by atoms with Gasteiger partial charge in [-0.15, -0.1) is 0 Å². The molecular formula is C14H19BrN2O4. The van der Waals surface area contributed by atoms with E-state index in [-0.39, 0.29) is 17.9 Å². The minimum Gasteiger partial charge on any atom is -0.462 e. The quantitative estimate of drug-likeness (QED) is 0.424. The van der Waals surface area contributed by atoms with Crippen LogP contribution in [0.3, 0.4) is 0 Å². The molecule has 7 heteroatoms. The number of halogens is 1. The normalized spacial score (nSPS) is 10.7. The first kappa shape index (κ1) is 17.6. The minimum absolute atomic E-state index is 0.138. The van der Waals surface area contributed by atoms with Crippen LogP contribution in [-0.4, -0.2) is 35.5 Å². The highest BCUT2D eigenvalue weighted by Gasteiger charge is 2.22. The van der Waals surface area contributed by atoms with E-state index in [1.54, 1.807) is 13.0 Å². The van der Waals surface area contributed by atoms with Crippen molar-refractivity contribution in [3.63, 3.8) is 0 Å². The van der Waals surface area contributed by atoms with Crippen LogP contribution in [0, 0.1) is 10.1 Å². The molecule has 1 aromatic rings. The molecule has 1 aromatic carbocycles. The van der Waals surface area contributed by atoms with E-state index in [4.69, 9.17) is 4.74 Å². The first-order chi connectivity index (χ1) is 9.94. The van der Waals surface area contributed by atoms with E-state index in [9.17, 15) is 14.9 Å². The van der Waals surface area contributed by atoms with Crippen LogP contribution in [0.4, 0.5) is 5.69 Å². The number of rotatable bonds is 7. The summed E-state index contributed by atoms with van der Waals surface area (Å²) in [5, 5.41) is 11.0. The average Bonchev–Trinajstić information content (AvgIpc) is 2.44. The fourth-order valence-electron chi connectivity index (χ4n) is 1.96. The van der Waals surface area contributed by atoms with Crippen molar-refractivity contribution >= 4 is 27.6 Å². The topological polar surface area (TPSA) is 72.7 Å². The lowest BCUT2D eigenvalue weighted by Gasteiger charge is -2.20. The van der Waals surface area contributed by atoms with Crippen molar-refractivity contribution in [3.8, 4) is 0 Å². The first-order valence-corrected chi connectivity index (χ1v) is 7.60. The Balaban J connectivity index is 3.29. The first-order valence-electron chi connectivity index (χ1n) is 6.80. The Morgan fingerprint density at radius 3 is 2.43 bits per heavy atom. The molecule has 21 heavy (non-hydrogen) atoms. The van der Waals surface area contributed by atoms with Crippen molar-refractivity contribution < 1.29 is 14.5 Å². The van der Waals surface area contributed by atoms with Gasteiger partial charge >= 0.3 is 5.97 Å². The molecule has 116 valence electrons. The van der Waals surface area contributed by atoms with Gasteiger partial charge in [-0.3, -0.25) is 15.0 Å². The average molecular weight is 359 g/mol. The molecule has 0 radical (unpaired) electrons. The SMILES string of the molecule is CCOC(=O)c1cc([N+](=O)[O-])c(Br)cc1CN(CC)CC. The van der Waals surface area contributed by atoms with Gasteiger partial charge in [0.25, 0.3) is 5.69 Å². The van der Waals surface area contributed by atoms with E-state index < -0.39 is 10.9 Å². The predicted octanol–water partition coefficient (Wildman–Crippen LogP) is 3.38. The lowest BCUT2D eigenvalue weighted by Crippen LogP contribution is -2.24. The summed E-state index contributed by atoms with van der Waals surface area (Å²) >= 11 is 3.19. The predicted molar refractivity (Wildman–Crippen MR) is 83.4 cm³/mol. The minimum atomic E-state index is -0.532. The zero-order valence-electron chi connectivity index (χ0n) is 12.4. The molecule has 0 atom stereocenters. The number of hydrogen-bond acceptors (Lipinski definition) is 5. The third-order valence-electron chi connectivity index (χ3n) is 3.15. The van der Waals surface area contributed by atoms with Gasteiger partial charge < -0.3 is 4.74 Å². The van der Waals surface area contributed by atoms with Gasteiger partial charge in [0.15, 0.2) is 0 Å². The van der Waals surface area contributed by atoms with Crippen molar-refractivity contribution in [1.29, 1.82) is 0 Å². The highest BCUT2D eigenvalue weighted by molar-refractivity contribution is 9.10. The van der Waals surface area contributed by atoms with E-state index in [0.29, 0.717) is 11.0 Å². The molecular weight excluding hydrogens is 340 g/mol. The molecule has 0 aliphatic carbocycles. The van der Waals surface area contributed by atoms with Crippen LogP contribution in [0.1, 0.15) is 36.7 Å². The molecule has 0 unspecified atom stereocenters. The standard InChI is InChI=1S/C14H19BrN2O4/c1-4-16(5-2)9-10-7-12(15)13(17(19)20)8-11(10)14(18)21-6-3/h7-8H,4-6,9H2,1-3H3. The maximum absolute atomic E-state index is 12.0. The zero-order chi connectivity index (χ0) is 16.0. The van der Waals surface area contributed by atoms with Crippen molar-refractivity contribution in [1.82, 2.24) is 4.90 Å². The Bertz CT molecular complexity index is 530. The fraction of sp³-hybridized carbons (Fsp3) is 0.500. The van der Waals surface area contributed by atoms with Crippen molar-refractivity contribution in [2.45, 2.75) is 27.3 Å². The van der Waals surface area contributed by atoms with Crippen LogP contribution in [0.25, 0.3) is 0 Å². The Kier molecular flexibility index (Phi) is 6.77. The van der Waals surface area contributed by atoms with Gasteiger partial charge in [-0.2, -0.15) is 0 Å². The van der Waals surface area contributed by atoms with E-state index in [1.807, 2.05) is 13.8 Å². The molecule has 0 aliphatic heterocycles. The van der Waals surface area contributed by atoms with Gasteiger partial charge in [0.2, 0.25) is 0 Å². The summed E-state index contributed by atoms with van der Waals surface area (Å²) in [4.78, 5) is 24.6. The van der Waals surface area contributed by atoms with Gasteiger partial charge in [0.1, 0.15) is 0 Å². The number of nitrogens with zero attached hydrogens (tertiary/aromatic N) is 2. The van der Waals surface area contributed by atoms with E-state index >= 15 is 0 Å². The molecule has 0 aliphatic rings. The largest absolute Gasteiger partial charge is 0.462 e. The van der Waals surface area contributed by atoms with Crippen molar-refractivity contribution in [2.75, 3.05) is 19.7 Å². The maximum atomic E-state index is 12.0. The Hall–Kier alpha value is -1.47. The van der Waals surface area contributed by atoms with Crippen LogP contribution in [0.2, 0.25) is 0 Å². The van der Waals surface area contributed by atoms with Crippen molar-refractivity contribution in [2.24, 2.45) is 0 Å². The van der Waals surface area contributed by atoms with Crippen LogP contribution in [-0.2, 0) is 11.3 Å². The number of carbonyl (C=O) groups excluding carboxylic acids is 1. The summed E-state index contributed by atoms with van der Waals surface area (Å²) < 4.78 is 5.36. The lowest BCUT2D eigenvalue weighted by atomic mass is 10.1. The maximum Gasteiger partial charge on any atom is 0.338 e. The number of nitro benzene ring substituents is 1. The van der Waals surface area contributed by atoms with E-state index in [1.165, 1.54) is 6.07 Å². The molecule has 0 saturated heterocycles. The summed E-state index contributed by atoms with van der Waals surface area (Å²) in [7, 11) is 0. The highest BCUT2D eigenvalue weighted by Crippen LogP contribution is 2.29. The zero-order valence-corrected chi connectivity index (χ0v) is 14.0. The van der Waals surface area contributed by atoms with E-state index in [0.717, 1.165) is 18.7 Å². The molecule has 6 nitrogen and oxygen atoms in total. The second-order valence-electron chi connectivity index (χ2n) is 4.40. The molecule has 0 bridgehead atoms. The van der Waals surface area contributed by atoms with Crippen LogP contribution < -0.4 is 0 Å². The van der Waals surface area contributed by atoms with E-state index in [2.05, 4.69) is 20.8 Å². The van der Waals surface area contributed by atoms with Gasteiger partial charge in [0, 0.05) is 12.6 Å². The molecule has 0 saturated carbocycles. The number of esters is 1.